The highest BCUT2D eigenvalue weighted by Crippen LogP contribution is 2.29. The van der Waals surface area contributed by atoms with E-state index in [9.17, 15) is 4.79 Å². The molecule has 0 saturated carbocycles. The Morgan fingerprint density at radius 3 is 3.10 bits per heavy atom. The number of ether oxygens (including phenoxy) is 1. The van der Waals surface area contributed by atoms with E-state index in [0.717, 1.165) is 25.1 Å². The van der Waals surface area contributed by atoms with Crippen molar-refractivity contribution in [3.8, 4) is 0 Å². The SMILES string of the molecule is COCC1CN(C(=O)CC2C=CCC2)Cc2ncn(C)c21. The van der Waals surface area contributed by atoms with Crippen LogP contribution in [0.15, 0.2) is 18.5 Å². The molecule has 0 bridgehead atoms. The fraction of sp³-hybridized carbons (Fsp3) is 0.625. The summed E-state index contributed by atoms with van der Waals surface area (Å²) in [5.41, 5.74) is 2.22. The number of carbonyl (C=O) groups excluding carboxylic acids is 1. The summed E-state index contributed by atoms with van der Waals surface area (Å²) in [5.74, 6) is 0.877. The topological polar surface area (TPSA) is 47.4 Å². The molecule has 1 aliphatic heterocycles. The van der Waals surface area contributed by atoms with Crippen LogP contribution in [0.4, 0.5) is 0 Å². The molecule has 5 heteroatoms. The molecule has 0 saturated heterocycles. The van der Waals surface area contributed by atoms with Gasteiger partial charge in [0, 0.05) is 38.7 Å². The van der Waals surface area contributed by atoms with Crippen LogP contribution in [0.1, 0.15) is 36.6 Å². The number of imidazole rings is 1. The molecule has 1 aromatic rings. The Labute approximate surface area is 125 Å². The minimum atomic E-state index is 0.217. The van der Waals surface area contributed by atoms with E-state index in [-0.39, 0.29) is 11.8 Å². The van der Waals surface area contributed by atoms with Crippen molar-refractivity contribution in [2.24, 2.45) is 13.0 Å². The molecule has 2 aliphatic rings. The lowest BCUT2D eigenvalue weighted by atomic mass is 9.97. The van der Waals surface area contributed by atoms with Gasteiger partial charge in [-0.25, -0.2) is 4.98 Å². The molecular formula is C16H23N3O2. The molecule has 0 aromatic carbocycles. The summed E-state index contributed by atoms with van der Waals surface area (Å²) in [6.07, 6.45) is 9.03. The summed E-state index contributed by atoms with van der Waals surface area (Å²) in [7, 11) is 3.72. The number of nitrogens with zero attached hydrogens (tertiary/aromatic N) is 3. The maximum absolute atomic E-state index is 12.5. The van der Waals surface area contributed by atoms with E-state index >= 15 is 0 Å². The van der Waals surface area contributed by atoms with Gasteiger partial charge in [-0.2, -0.15) is 0 Å². The van der Waals surface area contributed by atoms with Crippen LogP contribution in [0.3, 0.4) is 0 Å². The highest BCUT2D eigenvalue weighted by atomic mass is 16.5. The molecule has 0 spiro atoms. The van der Waals surface area contributed by atoms with Gasteiger partial charge in [0.2, 0.25) is 5.91 Å². The number of hydrogen-bond donors (Lipinski definition) is 0. The second-order valence-electron chi connectivity index (χ2n) is 6.08. The number of aromatic nitrogens is 2. The average Bonchev–Trinajstić information content (AvgIpc) is 3.09. The normalized spacial score (nSPS) is 24.4. The van der Waals surface area contributed by atoms with E-state index in [1.54, 1.807) is 7.11 Å². The zero-order valence-corrected chi connectivity index (χ0v) is 12.8. The van der Waals surface area contributed by atoms with Gasteiger partial charge in [0.1, 0.15) is 0 Å². The molecule has 2 atom stereocenters. The molecule has 114 valence electrons. The quantitative estimate of drug-likeness (QED) is 0.795. The number of amides is 1. The van der Waals surface area contributed by atoms with Gasteiger partial charge >= 0.3 is 0 Å². The molecule has 21 heavy (non-hydrogen) atoms. The number of carbonyl (C=O) groups is 1. The summed E-state index contributed by atoms with van der Waals surface area (Å²) in [6, 6.07) is 0. The maximum atomic E-state index is 12.5. The number of hydrogen-bond acceptors (Lipinski definition) is 3. The first-order chi connectivity index (χ1) is 10.2. The van der Waals surface area contributed by atoms with Gasteiger partial charge < -0.3 is 14.2 Å². The van der Waals surface area contributed by atoms with Gasteiger partial charge in [0.25, 0.3) is 0 Å². The van der Waals surface area contributed by atoms with Gasteiger partial charge in [-0.1, -0.05) is 12.2 Å². The Hall–Kier alpha value is -1.62. The highest BCUT2D eigenvalue weighted by molar-refractivity contribution is 5.77. The van der Waals surface area contributed by atoms with Crippen molar-refractivity contribution >= 4 is 5.91 Å². The van der Waals surface area contributed by atoms with Crippen molar-refractivity contribution in [1.29, 1.82) is 0 Å². The third-order valence-corrected chi connectivity index (χ3v) is 4.50. The van der Waals surface area contributed by atoms with Crippen LogP contribution in [-0.2, 0) is 23.1 Å². The molecule has 1 aromatic heterocycles. The predicted molar refractivity (Wildman–Crippen MR) is 79.7 cm³/mol. The van der Waals surface area contributed by atoms with E-state index < -0.39 is 0 Å². The van der Waals surface area contributed by atoms with Gasteiger partial charge in [-0.15, -0.1) is 0 Å². The van der Waals surface area contributed by atoms with Crippen LogP contribution >= 0.6 is 0 Å². The van der Waals surface area contributed by atoms with E-state index in [1.807, 2.05) is 18.3 Å². The molecule has 0 N–H and O–H groups in total. The fourth-order valence-electron chi connectivity index (χ4n) is 3.47. The second kappa shape index (κ2) is 6.02. The standard InChI is InChI=1S/C16H23N3O2/c1-18-11-17-14-9-19(8-13(10-21-2)16(14)18)15(20)7-12-5-3-4-6-12/h3,5,11-13H,4,6-10H2,1-2H3. The third-order valence-electron chi connectivity index (χ3n) is 4.50. The number of rotatable bonds is 4. The van der Waals surface area contributed by atoms with Crippen LogP contribution in [0, 0.1) is 5.92 Å². The van der Waals surface area contributed by atoms with Crippen molar-refractivity contribution in [2.75, 3.05) is 20.3 Å². The summed E-state index contributed by atoms with van der Waals surface area (Å²) < 4.78 is 7.39. The van der Waals surface area contributed by atoms with Crippen LogP contribution in [0.2, 0.25) is 0 Å². The first-order valence-electron chi connectivity index (χ1n) is 7.62. The Balaban J connectivity index is 1.73. The largest absolute Gasteiger partial charge is 0.384 e. The van der Waals surface area contributed by atoms with Crippen LogP contribution in [0.5, 0.6) is 0 Å². The molecule has 0 fully saturated rings. The molecule has 1 aliphatic carbocycles. The molecule has 0 radical (unpaired) electrons. The van der Waals surface area contributed by atoms with Gasteiger partial charge in [0.05, 0.1) is 25.2 Å². The Kier molecular flexibility index (Phi) is 4.10. The lowest BCUT2D eigenvalue weighted by molar-refractivity contribution is -0.133. The van der Waals surface area contributed by atoms with Crippen molar-refractivity contribution < 1.29 is 9.53 Å². The van der Waals surface area contributed by atoms with Crippen LogP contribution in [-0.4, -0.2) is 40.6 Å². The number of allylic oxidation sites excluding steroid dienone is 2. The summed E-state index contributed by atoms with van der Waals surface area (Å²) in [4.78, 5) is 18.9. The van der Waals surface area contributed by atoms with E-state index in [0.29, 0.717) is 25.5 Å². The van der Waals surface area contributed by atoms with Gasteiger partial charge in [0.15, 0.2) is 0 Å². The first kappa shape index (κ1) is 14.3. The van der Waals surface area contributed by atoms with Crippen molar-refractivity contribution in [1.82, 2.24) is 14.5 Å². The summed E-state index contributed by atoms with van der Waals surface area (Å²) in [5, 5.41) is 0. The predicted octanol–water partition coefficient (Wildman–Crippen LogP) is 1.85. The molecule has 3 rings (SSSR count). The average molecular weight is 289 g/mol. The molecule has 2 unspecified atom stereocenters. The zero-order chi connectivity index (χ0) is 14.8. The molecule has 1 amide bonds. The maximum Gasteiger partial charge on any atom is 0.223 e. The van der Waals surface area contributed by atoms with Gasteiger partial charge in [-0.05, 0) is 18.8 Å². The van der Waals surface area contributed by atoms with E-state index in [1.165, 1.54) is 5.69 Å². The first-order valence-corrected chi connectivity index (χ1v) is 7.62. The van der Waals surface area contributed by atoms with Crippen LogP contribution in [0.25, 0.3) is 0 Å². The van der Waals surface area contributed by atoms with Crippen molar-refractivity contribution in [2.45, 2.75) is 31.7 Å². The zero-order valence-electron chi connectivity index (χ0n) is 12.8. The van der Waals surface area contributed by atoms with Gasteiger partial charge in [-0.3, -0.25) is 4.79 Å². The Morgan fingerprint density at radius 1 is 1.52 bits per heavy atom. The Bertz CT molecular complexity index is 550. The summed E-state index contributed by atoms with van der Waals surface area (Å²) in [6.45, 7) is 1.99. The minimum Gasteiger partial charge on any atom is -0.384 e. The molecule has 2 heterocycles. The second-order valence-corrected chi connectivity index (χ2v) is 6.08. The lowest BCUT2D eigenvalue weighted by Crippen LogP contribution is -2.40. The molecular weight excluding hydrogens is 266 g/mol. The minimum absolute atomic E-state index is 0.217. The van der Waals surface area contributed by atoms with Crippen molar-refractivity contribution in [3.05, 3.63) is 29.9 Å². The number of aryl methyl sites for hydroxylation is 1. The van der Waals surface area contributed by atoms with Crippen molar-refractivity contribution in [3.63, 3.8) is 0 Å². The Morgan fingerprint density at radius 2 is 2.38 bits per heavy atom. The summed E-state index contributed by atoms with van der Waals surface area (Å²) >= 11 is 0. The smallest absolute Gasteiger partial charge is 0.223 e. The van der Waals surface area contributed by atoms with E-state index in [2.05, 4.69) is 21.7 Å². The number of fused-ring (bicyclic) bond motifs is 1. The fourth-order valence-corrected chi connectivity index (χ4v) is 3.47. The van der Waals surface area contributed by atoms with Crippen LogP contribution < -0.4 is 0 Å². The lowest BCUT2D eigenvalue weighted by Gasteiger charge is -2.33. The third kappa shape index (κ3) is 2.88. The number of methoxy groups -OCH3 is 1. The monoisotopic (exact) mass is 289 g/mol. The highest BCUT2D eigenvalue weighted by Gasteiger charge is 2.31. The van der Waals surface area contributed by atoms with E-state index in [4.69, 9.17) is 4.74 Å². The molecule has 5 nitrogen and oxygen atoms in total.